The van der Waals surface area contributed by atoms with Crippen molar-refractivity contribution < 1.29 is 4.74 Å². The average molecular weight is 282 g/mol. The van der Waals surface area contributed by atoms with Gasteiger partial charge in [0.15, 0.2) is 0 Å². The Balaban J connectivity index is 2.15. The van der Waals surface area contributed by atoms with Crippen molar-refractivity contribution >= 4 is 11.0 Å². The van der Waals surface area contributed by atoms with Crippen LogP contribution in [0.25, 0.3) is 22.2 Å². The first kappa shape index (κ1) is 13.6. The standard InChI is InChI=1S/C17H18N2O2/c1-18-15-8-7-14(10-16(15)19(2)17(18)20)13-6-4-5-12(9-13)11-21-3/h4-10H,11H2,1-3H3. The Labute approximate surface area is 123 Å². The minimum atomic E-state index is -0.00437. The van der Waals surface area contributed by atoms with Gasteiger partial charge in [-0.25, -0.2) is 4.79 Å². The summed E-state index contributed by atoms with van der Waals surface area (Å²) in [4.78, 5) is 12.0. The van der Waals surface area contributed by atoms with Crippen molar-refractivity contribution in [3.8, 4) is 11.1 Å². The third-order valence-electron chi connectivity index (χ3n) is 3.84. The third-order valence-corrected chi connectivity index (χ3v) is 3.84. The minimum Gasteiger partial charge on any atom is -0.380 e. The number of nitrogens with zero attached hydrogens (tertiary/aromatic N) is 2. The molecule has 3 rings (SSSR count). The number of aryl methyl sites for hydroxylation is 2. The van der Waals surface area contributed by atoms with Crippen molar-refractivity contribution in [1.29, 1.82) is 0 Å². The van der Waals surface area contributed by atoms with Gasteiger partial charge in [-0.1, -0.05) is 24.3 Å². The SMILES string of the molecule is COCc1cccc(-c2ccc3c(c2)n(C)c(=O)n3C)c1. The van der Waals surface area contributed by atoms with E-state index in [1.54, 1.807) is 30.3 Å². The molecule has 0 N–H and O–H groups in total. The number of ether oxygens (including phenoxy) is 1. The molecule has 1 heterocycles. The van der Waals surface area contributed by atoms with Crippen LogP contribution in [-0.2, 0) is 25.4 Å². The highest BCUT2D eigenvalue weighted by Gasteiger charge is 2.09. The molecule has 0 unspecified atom stereocenters. The monoisotopic (exact) mass is 282 g/mol. The quantitative estimate of drug-likeness (QED) is 0.740. The molecule has 0 radical (unpaired) electrons. The molecule has 0 saturated heterocycles. The van der Waals surface area contributed by atoms with Gasteiger partial charge in [-0.05, 0) is 34.9 Å². The average Bonchev–Trinajstić information content (AvgIpc) is 2.72. The second-order valence-corrected chi connectivity index (χ2v) is 5.24. The van der Waals surface area contributed by atoms with Crippen molar-refractivity contribution in [1.82, 2.24) is 9.13 Å². The molecule has 0 saturated carbocycles. The van der Waals surface area contributed by atoms with Gasteiger partial charge in [-0.2, -0.15) is 0 Å². The van der Waals surface area contributed by atoms with Crippen molar-refractivity contribution in [2.45, 2.75) is 6.61 Å². The van der Waals surface area contributed by atoms with E-state index in [4.69, 9.17) is 4.74 Å². The van der Waals surface area contributed by atoms with E-state index in [1.165, 1.54) is 0 Å². The Morgan fingerprint density at radius 3 is 2.43 bits per heavy atom. The molecule has 0 bridgehead atoms. The number of hydrogen-bond acceptors (Lipinski definition) is 2. The van der Waals surface area contributed by atoms with Crippen LogP contribution >= 0.6 is 0 Å². The molecule has 0 amide bonds. The number of imidazole rings is 1. The zero-order chi connectivity index (χ0) is 15.0. The summed E-state index contributed by atoms with van der Waals surface area (Å²) in [6, 6.07) is 14.4. The molecule has 0 spiro atoms. The Hall–Kier alpha value is -2.33. The van der Waals surface area contributed by atoms with E-state index >= 15 is 0 Å². The molecule has 0 fully saturated rings. The summed E-state index contributed by atoms with van der Waals surface area (Å²) < 4.78 is 8.52. The number of benzene rings is 2. The number of rotatable bonds is 3. The highest BCUT2D eigenvalue weighted by atomic mass is 16.5. The second kappa shape index (κ2) is 5.22. The van der Waals surface area contributed by atoms with Crippen LogP contribution in [0, 0.1) is 0 Å². The Morgan fingerprint density at radius 2 is 1.67 bits per heavy atom. The lowest BCUT2D eigenvalue weighted by Crippen LogP contribution is -2.19. The van der Waals surface area contributed by atoms with E-state index in [2.05, 4.69) is 18.2 Å². The van der Waals surface area contributed by atoms with Crippen LogP contribution in [0.4, 0.5) is 0 Å². The van der Waals surface area contributed by atoms with Crippen molar-refractivity contribution in [2.24, 2.45) is 14.1 Å². The van der Waals surface area contributed by atoms with Crippen LogP contribution in [0.1, 0.15) is 5.56 Å². The molecule has 4 nitrogen and oxygen atoms in total. The Morgan fingerprint density at radius 1 is 0.952 bits per heavy atom. The summed E-state index contributed by atoms with van der Waals surface area (Å²) >= 11 is 0. The van der Waals surface area contributed by atoms with Crippen LogP contribution in [0.5, 0.6) is 0 Å². The third kappa shape index (κ3) is 2.28. The van der Waals surface area contributed by atoms with E-state index in [-0.39, 0.29) is 5.69 Å². The smallest absolute Gasteiger partial charge is 0.328 e. The summed E-state index contributed by atoms with van der Waals surface area (Å²) in [7, 11) is 5.29. The summed E-state index contributed by atoms with van der Waals surface area (Å²) in [5, 5.41) is 0. The van der Waals surface area contributed by atoms with Gasteiger partial charge in [-0.3, -0.25) is 9.13 Å². The lowest BCUT2D eigenvalue weighted by molar-refractivity contribution is 0.185. The van der Waals surface area contributed by atoms with E-state index in [9.17, 15) is 4.79 Å². The molecule has 1 aromatic heterocycles. The van der Waals surface area contributed by atoms with E-state index in [0.29, 0.717) is 6.61 Å². The topological polar surface area (TPSA) is 36.2 Å². The molecular formula is C17H18N2O2. The fourth-order valence-electron chi connectivity index (χ4n) is 2.69. The first-order chi connectivity index (χ1) is 10.1. The maximum absolute atomic E-state index is 12.0. The minimum absolute atomic E-state index is 0.00437. The van der Waals surface area contributed by atoms with Gasteiger partial charge in [0.1, 0.15) is 0 Å². The summed E-state index contributed by atoms with van der Waals surface area (Å²) in [5.41, 5.74) is 5.24. The predicted octanol–water partition coefficient (Wildman–Crippen LogP) is 2.69. The molecule has 3 aromatic rings. The molecular weight excluding hydrogens is 264 g/mol. The Kier molecular flexibility index (Phi) is 3.39. The molecule has 0 aliphatic carbocycles. The predicted molar refractivity (Wildman–Crippen MR) is 84.3 cm³/mol. The zero-order valence-corrected chi connectivity index (χ0v) is 12.5. The highest BCUT2D eigenvalue weighted by molar-refractivity contribution is 5.82. The molecule has 0 aliphatic rings. The zero-order valence-electron chi connectivity index (χ0n) is 12.5. The van der Waals surface area contributed by atoms with Crippen LogP contribution < -0.4 is 5.69 Å². The van der Waals surface area contributed by atoms with Crippen molar-refractivity contribution in [2.75, 3.05) is 7.11 Å². The van der Waals surface area contributed by atoms with Crippen LogP contribution in [0.2, 0.25) is 0 Å². The van der Waals surface area contributed by atoms with E-state index < -0.39 is 0 Å². The molecule has 108 valence electrons. The summed E-state index contributed by atoms with van der Waals surface area (Å²) in [6.45, 7) is 0.597. The van der Waals surface area contributed by atoms with Crippen LogP contribution in [-0.4, -0.2) is 16.2 Å². The number of aromatic nitrogens is 2. The van der Waals surface area contributed by atoms with Crippen LogP contribution in [0.15, 0.2) is 47.3 Å². The van der Waals surface area contributed by atoms with Crippen molar-refractivity contribution in [3.63, 3.8) is 0 Å². The summed E-state index contributed by atoms with van der Waals surface area (Å²) in [6.07, 6.45) is 0. The second-order valence-electron chi connectivity index (χ2n) is 5.24. The largest absolute Gasteiger partial charge is 0.380 e. The van der Waals surface area contributed by atoms with E-state index in [1.807, 2.05) is 24.3 Å². The van der Waals surface area contributed by atoms with Gasteiger partial charge in [0.25, 0.3) is 0 Å². The summed E-state index contributed by atoms with van der Waals surface area (Å²) in [5.74, 6) is 0. The molecule has 4 heteroatoms. The fourth-order valence-corrected chi connectivity index (χ4v) is 2.69. The van der Waals surface area contributed by atoms with Crippen LogP contribution in [0.3, 0.4) is 0 Å². The normalized spacial score (nSPS) is 11.2. The molecule has 0 atom stereocenters. The molecule has 2 aromatic carbocycles. The number of fused-ring (bicyclic) bond motifs is 1. The maximum Gasteiger partial charge on any atom is 0.328 e. The molecule has 21 heavy (non-hydrogen) atoms. The van der Waals surface area contributed by atoms with Gasteiger partial charge in [-0.15, -0.1) is 0 Å². The Bertz CT molecular complexity index is 859. The lowest BCUT2D eigenvalue weighted by atomic mass is 10.0. The first-order valence-corrected chi connectivity index (χ1v) is 6.85. The van der Waals surface area contributed by atoms with Gasteiger partial charge in [0, 0.05) is 21.2 Å². The van der Waals surface area contributed by atoms with Gasteiger partial charge < -0.3 is 4.74 Å². The number of methoxy groups -OCH3 is 1. The number of hydrogen-bond donors (Lipinski definition) is 0. The van der Waals surface area contributed by atoms with Gasteiger partial charge in [0.05, 0.1) is 17.6 Å². The maximum atomic E-state index is 12.0. The van der Waals surface area contributed by atoms with Crippen molar-refractivity contribution in [3.05, 3.63) is 58.5 Å². The van der Waals surface area contributed by atoms with Gasteiger partial charge in [0.2, 0.25) is 0 Å². The van der Waals surface area contributed by atoms with E-state index in [0.717, 1.165) is 27.7 Å². The fraction of sp³-hybridized carbons (Fsp3) is 0.235. The highest BCUT2D eigenvalue weighted by Crippen LogP contribution is 2.24. The molecule has 0 aliphatic heterocycles. The first-order valence-electron chi connectivity index (χ1n) is 6.85. The lowest BCUT2D eigenvalue weighted by Gasteiger charge is -2.06. The van der Waals surface area contributed by atoms with Gasteiger partial charge >= 0.3 is 5.69 Å².